The number of halogens is 4. The Morgan fingerprint density at radius 3 is 2.53 bits per heavy atom. The van der Waals surface area contributed by atoms with Crippen molar-refractivity contribution in [3.8, 4) is 5.75 Å². The van der Waals surface area contributed by atoms with Crippen LogP contribution in [0.25, 0.3) is 11.0 Å². The molecule has 2 fully saturated rings. The van der Waals surface area contributed by atoms with Crippen LogP contribution in [-0.2, 0) is 6.42 Å². The Bertz CT molecular complexity index is 1300. The van der Waals surface area contributed by atoms with Gasteiger partial charge in [-0.25, -0.2) is 9.37 Å². The fourth-order valence-electron chi connectivity index (χ4n) is 6.29. The van der Waals surface area contributed by atoms with E-state index < -0.39 is 6.36 Å². The summed E-state index contributed by atoms with van der Waals surface area (Å²) in [5.74, 6) is -0.0642. The van der Waals surface area contributed by atoms with Crippen LogP contribution < -0.4 is 10.1 Å². The summed E-state index contributed by atoms with van der Waals surface area (Å²) in [5, 5.41) is 4.41. The van der Waals surface area contributed by atoms with Gasteiger partial charge in [0.1, 0.15) is 17.2 Å². The smallest absolute Gasteiger partial charge is 0.406 e. The molecule has 3 aromatic rings. The number of ether oxygens (including phenoxy) is 1. The van der Waals surface area contributed by atoms with Crippen LogP contribution in [0.5, 0.6) is 5.75 Å². The van der Waals surface area contributed by atoms with Crippen molar-refractivity contribution in [3.63, 3.8) is 0 Å². The Balaban J connectivity index is 1.22. The van der Waals surface area contributed by atoms with Crippen molar-refractivity contribution in [2.75, 3.05) is 26.2 Å². The first-order chi connectivity index (χ1) is 17.3. The number of nitrogens with one attached hydrogen (secondary N) is 2. The van der Waals surface area contributed by atoms with Gasteiger partial charge in [-0.1, -0.05) is 0 Å². The van der Waals surface area contributed by atoms with Crippen LogP contribution in [0.4, 0.5) is 17.6 Å². The number of aromatic nitrogens is 2. The largest absolute Gasteiger partial charge is 0.573 e. The summed E-state index contributed by atoms with van der Waals surface area (Å²) in [5.41, 5.74) is 4.11. The van der Waals surface area contributed by atoms with Crippen molar-refractivity contribution in [2.24, 2.45) is 5.92 Å². The normalized spacial score (nSPS) is 22.5. The van der Waals surface area contributed by atoms with Gasteiger partial charge in [0.2, 0.25) is 0 Å². The molecule has 1 aliphatic carbocycles. The number of aryl methyl sites for hydroxylation is 1. The highest BCUT2D eigenvalue weighted by molar-refractivity contribution is 5.94. The summed E-state index contributed by atoms with van der Waals surface area (Å²) in [4.78, 5) is 22.5. The molecular formula is C26H26F4N4O2. The van der Waals surface area contributed by atoms with E-state index in [0.717, 1.165) is 49.1 Å². The summed E-state index contributed by atoms with van der Waals surface area (Å²) in [7, 11) is 0. The molecule has 2 N–H and O–H groups in total. The van der Waals surface area contributed by atoms with E-state index in [0.29, 0.717) is 48.9 Å². The lowest BCUT2D eigenvalue weighted by Gasteiger charge is -2.33. The predicted octanol–water partition coefficient (Wildman–Crippen LogP) is 4.87. The maximum atomic E-state index is 15.3. The topological polar surface area (TPSA) is 70.2 Å². The SMILES string of the molecule is O=C(c1ccc(OC(F)(F)F)cc1)N1CCC(c2c(F)cnc3[nH]c4c(c23)C2CNCC2CC4)CC1. The second kappa shape index (κ2) is 8.76. The highest BCUT2D eigenvalue weighted by Crippen LogP contribution is 2.45. The van der Waals surface area contributed by atoms with Gasteiger partial charge in [0.05, 0.1) is 6.20 Å². The Morgan fingerprint density at radius 1 is 1.06 bits per heavy atom. The zero-order valence-corrected chi connectivity index (χ0v) is 19.5. The number of rotatable bonds is 3. The quantitative estimate of drug-likeness (QED) is 0.502. The van der Waals surface area contributed by atoms with E-state index >= 15 is 4.39 Å². The number of amides is 1. The molecule has 2 saturated heterocycles. The van der Waals surface area contributed by atoms with Gasteiger partial charge in [-0.15, -0.1) is 13.2 Å². The Morgan fingerprint density at radius 2 is 1.81 bits per heavy atom. The third kappa shape index (κ3) is 4.11. The van der Waals surface area contributed by atoms with Gasteiger partial charge in [-0.2, -0.15) is 0 Å². The summed E-state index contributed by atoms with van der Waals surface area (Å²) in [6.45, 7) is 2.75. The van der Waals surface area contributed by atoms with E-state index in [2.05, 4.69) is 20.0 Å². The van der Waals surface area contributed by atoms with E-state index in [9.17, 15) is 18.0 Å². The number of carbonyl (C=O) groups is 1. The van der Waals surface area contributed by atoms with Crippen LogP contribution in [0.1, 0.15) is 58.3 Å². The van der Waals surface area contributed by atoms with E-state index in [1.165, 1.54) is 29.6 Å². The van der Waals surface area contributed by atoms with Gasteiger partial charge >= 0.3 is 6.36 Å². The molecule has 1 aromatic carbocycles. The van der Waals surface area contributed by atoms with Gasteiger partial charge in [-0.3, -0.25) is 4.79 Å². The number of benzene rings is 1. The maximum Gasteiger partial charge on any atom is 0.573 e. The number of piperidine rings is 1. The minimum absolute atomic E-state index is 0.0447. The lowest BCUT2D eigenvalue weighted by Crippen LogP contribution is -2.38. The van der Waals surface area contributed by atoms with E-state index in [-0.39, 0.29) is 23.4 Å². The minimum Gasteiger partial charge on any atom is -0.406 e. The second-order valence-electron chi connectivity index (χ2n) is 9.96. The highest BCUT2D eigenvalue weighted by Gasteiger charge is 2.38. The van der Waals surface area contributed by atoms with Crippen molar-refractivity contribution in [3.05, 3.63) is 58.7 Å². The van der Waals surface area contributed by atoms with Crippen molar-refractivity contribution in [1.82, 2.24) is 20.2 Å². The molecule has 2 atom stereocenters. The number of hydrogen-bond acceptors (Lipinski definition) is 4. The minimum atomic E-state index is -4.78. The first-order valence-corrected chi connectivity index (χ1v) is 12.3. The van der Waals surface area contributed by atoms with Crippen molar-refractivity contribution in [2.45, 2.75) is 43.9 Å². The summed E-state index contributed by atoms with van der Waals surface area (Å²) in [6.07, 6.45) is -0.234. The van der Waals surface area contributed by atoms with Crippen LogP contribution in [-0.4, -0.2) is 53.3 Å². The van der Waals surface area contributed by atoms with Gasteiger partial charge < -0.3 is 19.9 Å². The van der Waals surface area contributed by atoms with Crippen LogP contribution >= 0.6 is 0 Å². The highest BCUT2D eigenvalue weighted by atomic mass is 19.4. The van der Waals surface area contributed by atoms with Crippen LogP contribution in [0, 0.1) is 11.7 Å². The van der Waals surface area contributed by atoms with Gasteiger partial charge in [-0.05, 0) is 73.9 Å². The number of alkyl halides is 3. The first-order valence-electron chi connectivity index (χ1n) is 12.3. The number of nitrogens with zero attached hydrogens (tertiary/aromatic N) is 2. The Labute approximate surface area is 205 Å². The number of likely N-dealkylation sites (tertiary alicyclic amines) is 1. The number of hydrogen-bond donors (Lipinski definition) is 2. The van der Waals surface area contributed by atoms with E-state index in [4.69, 9.17) is 0 Å². The van der Waals surface area contributed by atoms with E-state index in [1.54, 1.807) is 4.90 Å². The third-order valence-electron chi connectivity index (χ3n) is 7.94. The van der Waals surface area contributed by atoms with Gasteiger partial charge in [0, 0.05) is 47.8 Å². The molecular weight excluding hydrogens is 476 g/mol. The standard InChI is InChI=1S/C26H26F4N4O2/c27-19-13-32-24-23(22-18-12-31-11-16(18)3-6-20(22)33-24)21(19)14-7-9-34(10-8-14)25(35)15-1-4-17(5-2-15)36-26(28,29)30/h1-2,4-5,13-14,16,18,31H,3,6-12H2,(H,32,33). The average Bonchev–Trinajstić information content (AvgIpc) is 3.47. The maximum absolute atomic E-state index is 15.3. The summed E-state index contributed by atoms with van der Waals surface area (Å²) >= 11 is 0. The predicted molar refractivity (Wildman–Crippen MR) is 124 cm³/mol. The molecule has 4 heterocycles. The fraction of sp³-hybridized carbons (Fsp3) is 0.462. The lowest BCUT2D eigenvalue weighted by atomic mass is 9.77. The first kappa shape index (κ1) is 23.3. The zero-order valence-electron chi connectivity index (χ0n) is 19.5. The van der Waals surface area contributed by atoms with Crippen LogP contribution in [0.15, 0.2) is 30.5 Å². The zero-order chi connectivity index (χ0) is 25.0. The molecule has 0 radical (unpaired) electrons. The molecule has 2 unspecified atom stereocenters. The number of carbonyl (C=O) groups excluding carboxylic acids is 1. The molecule has 190 valence electrons. The van der Waals surface area contributed by atoms with Crippen LogP contribution in [0.2, 0.25) is 0 Å². The number of H-pyrrole nitrogens is 1. The molecule has 0 saturated carbocycles. The van der Waals surface area contributed by atoms with Crippen molar-refractivity contribution < 1.29 is 27.1 Å². The second-order valence-corrected chi connectivity index (χ2v) is 9.96. The van der Waals surface area contributed by atoms with Gasteiger partial charge in [0.25, 0.3) is 5.91 Å². The molecule has 2 aromatic heterocycles. The number of pyridine rings is 1. The molecule has 0 spiro atoms. The lowest BCUT2D eigenvalue weighted by molar-refractivity contribution is -0.274. The molecule has 0 bridgehead atoms. The van der Waals surface area contributed by atoms with Crippen LogP contribution in [0.3, 0.4) is 0 Å². The molecule has 3 aliphatic rings. The average molecular weight is 503 g/mol. The Kier molecular flexibility index (Phi) is 5.66. The summed E-state index contributed by atoms with van der Waals surface area (Å²) < 4.78 is 56.4. The molecule has 2 aliphatic heterocycles. The monoisotopic (exact) mass is 502 g/mol. The van der Waals surface area contributed by atoms with Crippen molar-refractivity contribution >= 4 is 16.9 Å². The molecule has 1 amide bonds. The third-order valence-corrected chi connectivity index (χ3v) is 7.94. The summed E-state index contributed by atoms with van der Waals surface area (Å²) in [6, 6.07) is 4.94. The fourth-order valence-corrected chi connectivity index (χ4v) is 6.29. The molecule has 6 rings (SSSR count). The Hall–Kier alpha value is -3.14. The molecule has 10 heteroatoms. The number of aromatic amines is 1. The molecule has 6 nitrogen and oxygen atoms in total. The van der Waals surface area contributed by atoms with E-state index in [1.807, 2.05) is 0 Å². The molecule has 36 heavy (non-hydrogen) atoms. The number of fused-ring (bicyclic) bond motifs is 5. The van der Waals surface area contributed by atoms with Crippen molar-refractivity contribution in [1.29, 1.82) is 0 Å². The van der Waals surface area contributed by atoms with Gasteiger partial charge in [0.15, 0.2) is 0 Å².